The largest absolute Gasteiger partial charge is 0.353 e. The number of hydrogen-bond donors (Lipinski definition) is 1. The third-order valence-electron chi connectivity index (χ3n) is 2.83. The highest BCUT2D eigenvalue weighted by molar-refractivity contribution is 7.99. The fraction of sp³-hybridized carbons (Fsp3) is 0.400. The highest BCUT2D eigenvalue weighted by Crippen LogP contribution is 2.26. The molecule has 0 saturated carbocycles. The van der Waals surface area contributed by atoms with Crippen molar-refractivity contribution in [3.63, 3.8) is 0 Å². The first-order chi connectivity index (χ1) is 10.5. The zero-order chi connectivity index (χ0) is 16.1. The molecule has 0 spiro atoms. The van der Waals surface area contributed by atoms with Gasteiger partial charge in [0.25, 0.3) is 5.89 Å². The summed E-state index contributed by atoms with van der Waals surface area (Å²) in [4.78, 5) is 16.2. The molecule has 0 aliphatic carbocycles. The fourth-order valence-electron chi connectivity index (χ4n) is 1.73. The van der Waals surface area contributed by atoms with Crippen LogP contribution >= 0.6 is 23.4 Å². The zero-order valence-corrected chi connectivity index (χ0v) is 14.2. The van der Waals surface area contributed by atoms with Crippen LogP contribution in [0.1, 0.15) is 26.6 Å². The summed E-state index contributed by atoms with van der Waals surface area (Å²) in [5.41, 5.74) is 0.707. The normalized spacial score (nSPS) is 12.4. The number of benzene rings is 1. The number of rotatable bonds is 6. The van der Waals surface area contributed by atoms with Gasteiger partial charge in [-0.05, 0) is 32.9 Å². The number of carbonyl (C=O) groups is 1. The van der Waals surface area contributed by atoms with Crippen LogP contribution in [0.4, 0.5) is 0 Å². The molecule has 0 aliphatic rings. The number of halogens is 1. The topological polar surface area (TPSA) is 68.0 Å². The van der Waals surface area contributed by atoms with Crippen molar-refractivity contribution in [2.24, 2.45) is 0 Å². The van der Waals surface area contributed by atoms with Gasteiger partial charge >= 0.3 is 0 Å². The molecule has 1 heterocycles. The Morgan fingerprint density at radius 3 is 2.77 bits per heavy atom. The Morgan fingerprint density at radius 2 is 2.09 bits per heavy atom. The summed E-state index contributed by atoms with van der Waals surface area (Å²) in [6.45, 7) is 5.73. The van der Waals surface area contributed by atoms with Crippen LogP contribution in [0.25, 0.3) is 11.5 Å². The minimum absolute atomic E-state index is 0.00909. The molecular weight excluding hydrogens is 322 g/mol. The number of amides is 1. The number of hydrogen-bond acceptors (Lipinski definition) is 5. The molecule has 7 heteroatoms. The van der Waals surface area contributed by atoms with Crippen molar-refractivity contribution in [2.45, 2.75) is 37.8 Å². The number of nitrogens with zero attached hydrogens (tertiary/aromatic N) is 2. The summed E-state index contributed by atoms with van der Waals surface area (Å²) >= 11 is 7.56. The quantitative estimate of drug-likeness (QED) is 0.871. The van der Waals surface area contributed by atoms with Crippen LogP contribution in [-0.2, 0) is 10.5 Å². The second-order valence-corrected chi connectivity index (χ2v) is 6.85. The molecule has 2 rings (SSSR count). The maximum Gasteiger partial charge on any atom is 0.259 e. The lowest BCUT2D eigenvalue weighted by molar-refractivity contribution is -0.120. The van der Waals surface area contributed by atoms with Crippen LogP contribution in [-0.4, -0.2) is 27.3 Å². The number of thioether (sulfide) groups is 1. The molecule has 2 aromatic rings. The zero-order valence-electron chi connectivity index (χ0n) is 12.7. The number of carbonyl (C=O) groups excluding carboxylic acids is 1. The van der Waals surface area contributed by atoms with Gasteiger partial charge in [-0.3, -0.25) is 4.79 Å². The lowest BCUT2D eigenvalue weighted by atomic mass is 10.2. The van der Waals surface area contributed by atoms with Crippen LogP contribution in [0.2, 0.25) is 5.02 Å². The molecule has 0 radical (unpaired) electrons. The number of aromatic nitrogens is 2. The van der Waals surface area contributed by atoms with E-state index in [2.05, 4.69) is 15.5 Å². The van der Waals surface area contributed by atoms with Crippen LogP contribution in [0.5, 0.6) is 0 Å². The lowest BCUT2D eigenvalue weighted by Crippen LogP contribution is -2.35. The van der Waals surface area contributed by atoms with E-state index in [1.807, 2.05) is 39.0 Å². The minimum atomic E-state index is -0.176. The predicted molar refractivity (Wildman–Crippen MR) is 88.8 cm³/mol. The Bertz CT molecular complexity index is 645. The van der Waals surface area contributed by atoms with Gasteiger partial charge in [-0.15, -0.1) is 11.8 Å². The fourth-order valence-corrected chi connectivity index (χ4v) is 2.69. The summed E-state index contributed by atoms with van der Waals surface area (Å²) in [7, 11) is 0. The number of nitrogens with one attached hydrogen (secondary N) is 1. The van der Waals surface area contributed by atoms with E-state index in [-0.39, 0.29) is 17.2 Å². The Balaban J connectivity index is 1.96. The van der Waals surface area contributed by atoms with E-state index in [0.29, 0.717) is 28.1 Å². The second kappa shape index (κ2) is 7.65. The van der Waals surface area contributed by atoms with E-state index in [1.165, 1.54) is 11.8 Å². The van der Waals surface area contributed by atoms with E-state index < -0.39 is 0 Å². The van der Waals surface area contributed by atoms with E-state index in [1.54, 1.807) is 6.07 Å². The van der Waals surface area contributed by atoms with Gasteiger partial charge in [-0.2, -0.15) is 4.98 Å². The second-order valence-electron chi connectivity index (χ2n) is 5.11. The molecular formula is C15H18ClN3O2S. The summed E-state index contributed by atoms with van der Waals surface area (Å²) in [6.07, 6.45) is 0. The molecule has 1 atom stereocenters. The third kappa shape index (κ3) is 4.48. The van der Waals surface area contributed by atoms with Crippen molar-refractivity contribution < 1.29 is 9.32 Å². The monoisotopic (exact) mass is 339 g/mol. The summed E-state index contributed by atoms with van der Waals surface area (Å²) < 4.78 is 5.23. The van der Waals surface area contributed by atoms with Crippen LogP contribution in [0, 0.1) is 0 Å². The van der Waals surface area contributed by atoms with Crippen molar-refractivity contribution >= 4 is 29.3 Å². The molecule has 0 fully saturated rings. The Morgan fingerprint density at radius 1 is 1.36 bits per heavy atom. The first-order valence-electron chi connectivity index (χ1n) is 6.97. The van der Waals surface area contributed by atoms with E-state index in [4.69, 9.17) is 16.1 Å². The van der Waals surface area contributed by atoms with Gasteiger partial charge in [0.2, 0.25) is 5.91 Å². The van der Waals surface area contributed by atoms with Gasteiger partial charge in [0, 0.05) is 6.04 Å². The molecule has 0 saturated heterocycles. The molecule has 1 aromatic carbocycles. The molecule has 0 aliphatic heterocycles. The molecule has 0 unspecified atom stereocenters. The van der Waals surface area contributed by atoms with Gasteiger partial charge in [-0.1, -0.05) is 28.9 Å². The Hall–Kier alpha value is -1.53. The molecule has 1 aromatic heterocycles. The van der Waals surface area contributed by atoms with Gasteiger partial charge in [0.05, 0.1) is 21.6 Å². The average molecular weight is 340 g/mol. The third-order valence-corrected chi connectivity index (χ3v) is 4.30. The Labute approximate surface area is 138 Å². The van der Waals surface area contributed by atoms with E-state index in [9.17, 15) is 4.79 Å². The molecule has 0 bridgehead atoms. The van der Waals surface area contributed by atoms with E-state index in [0.717, 1.165) is 0 Å². The average Bonchev–Trinajstić information content (AvgIpc) is 2.93. The van der Waals surface area contributed by atoms with Gasteiger partial charge in [0.15, 0.2) is 5.82 Å². The van der Waals surface area contributed by atoms with Crippen LogP contribution in [0.15, 0.2) is 28.8 Å². The van der Waals surface area contributed by atoms with Crippen molar-refractivity contribution in [1.82, 2.24) is 15.5 Å². The van der Waals surface area contributed by atoms with Gasteiger partial charge < -0.3 is 9.84 Å². The predicted octanol–water partition coefficient (Wildman–Crippen LogP) is 3.54. The molecule has 118 valence electrons. The molecule has 1 amide bonds. The SMILES string of the molecule is CC(C)NC(=O)[C@@H](C)SCc1noc(-c2ccccc2Cl)n1. The van der Waals surface area contributed by atoms with Crippen molar-refractivity contribution in [3.8, 4) is 11.5 Å². The standard InChI is InChI=1S/C15H18ClN3O2S/c1-9(2)17-14(20)10(3)22-8-13-18-15(21-19-13)11-6-4-5-7-12(11)16/h4-7,9-10H,8H2,1-3H3,(H,17,20)/t10-/m1/s1. The van der Waals surface area contributed by atoms with Crippen LogP contribution in [0.3, 0.4) is 0 Å². The smallest absolute Gasteiger partial charge is 0.259 e. The van der Waals surface area contributed by atoms with E-state index >= 15 is 0 Å². The highest BCUT2D eigenvalue weighted by Gasteiger charge is 2.17. The molecule has 5 nitrogen and oxygen atoms in total. The van der Waals surface area contributed by atoms with Crippen molar-refractivity contribution in [2.75, 3.05) is 0 Å². The van der Waals surface area contributed by atoms with Crippen molar-refractivity contribution in [1.29, 1.82) is 0 Å². The van der Waals surface area contributed by atoms with Gasteiger partial charge in [0.1, 0.15) is 0 Å². The Kier molecular flexibility index (Phi) is 5.85. The highest BCUT2D eigenvalue weighted by atomic mass is 35.5. The maximum absolute atomic E-state index is 11.8. The van der Waals surface area contributed by atoms with Crippen LogP contribution < -0.4 is 5.32 Å². The lowest BCUT2D eigenvalue weighted by Gasteiger charge is -2.13. The maximum atomic E-state index is 11.8. The first-order valence-corrected chi connectivity index (χ1v) is 8.39. The van der Waals surface area contributed by atoms with Gasteiger partial charge in [-0.25, -0.2) is 0 Å². The van der Waals surface area contributed by atoms with Crippen molar-refractivity contribution in [3.05, 3.63) is 35.1 Å². The molecule has 1 N–H and O–H groups in total. The minimum Gasteiger partial charge on any atom is -0.353 e. The summed E-state index contributed by atoms with van der Waals surface area (Å²) in [5, 5.41) is 7.19. The summed E-state index contributed by atoms with van der Waals surface area (Å²) in [6, 6.07) is 7.43. The first kappa shape index (κ1) is 16.8. The molecule has 22 heavy (non-hydrogen) atoms. The summed E-state index contributed by atoms with van der Waals surface area (Å²) in [5.74, 6) is 1.44.